The third kappa shape index (κ3) is 5.30. The molecule has 1 saturated carbocycles. The largest absolute Gasteiger partial charge is 0.494 e. The van der Waals surface area contributed by atoms with Crippen LogP contribution in [-0.4, -0.2) is 19.7 Å². The van der Waals surface area contributed by atoms with Crippen LogP contribution in [0.5, 0.6) is 5.75 Å². The Balaban J connectivity index is 1.81. The highest BCUT2D eigenvalue weighted by atomic mass is 79.9. The van der Waals surface area contributed by atoms with E-state index < -0.39 is 0 Å². The summed E-state index contributed by atoms with van der Waals surface area (Å²) < 4.78 is 7.00. The van der Waals surface area contributed by atoms with Gasteiger partial charge < -0.3 is 10.1 Å². The van der Waals surface area contributed by atoms with Crippen LogP contribution in [0, 0.1) is 11.8 Å². The van der Waals surface area contributed by atoms with Crippen LogP contribution in [0.25, 0.3) is 0 Å². The highest BCUT2D eigenvalue weighted by molar-refractivity contribution is 9.10. The molecule has 1 N–H and O–H groups in total. The second-order valence-corrected chi connectivity index (χ2v) is 7.13. The van der Waals surface area contributed by atoms with Crippen LogP contribution in [0.4, 0.5) is 0 Å². The number of hydrogen-bond acceptors (Lipinski definition) is 2. The Kier molecular flexibility index (Phi) is 7.05. The summed E-state index contributed by atoms with van der Waals surface area (Å²) in [7, 11) is 2.10. The molecule has 0 bridgehead atoms. The molecular weight excluding hydrogens is 326 g/mol. The summed E-state index contributed by atoms with van der Waals surface area (Å²) in [6.45, 7) is 3.12. The summed E-state index contributed by atoms with van der Waals surface area (Å²) in [5.74, 6) is 2.65. The van der Waals surface area contributed by atoms with Crippen LogP contribution in [0.2, 0.25) is 0 Å². The zero-order valence-electron chi connectivity index (χ0n) is 13.3. The van der Waals surface area contributed by atoms with E-state index in [1.165, 1.54) is 32.1 Å². The smallest absolute Gasteiger partial charge is 0.120 e. The molecule has 3 atom stereocenters. The average Bonchev–Trinajstić information content (AvgIpc) is 2.48. The molecule has 3 unspecified atom stereocenters. The van der Waals surface area contributed by atoms with E-state index in [0.717, 1.165) is 35.1 Å². The lowest BCUT2D eigenvalue weighted by Crippen LogP contribution is -2.39. The molecule has 1 aliphatic rings. The molecule has 21 heavy (non-hydrogen) atoms. The van der Waals surface area contributed by atoms with E-state index in [0.29, 0.717) is 6.04 Å². The first-order valence-corrected chi connectivity index (χ1v) is 9.07. The number of ether oxygens (including phenoxy) is 1. The quantitative estimate of drug-likeness (QED) is 0.742. The van der Waals surface area contributed by atoms with E-state index in [1.807, 2.05) is 24.3 Å². The van der Waals surface area contributed by atoms with Gasteiger partial charge in [0.2, 0.25) is 0 Å². The summed E-state index contributed by atoms with van der Waals surface area (Å²) in [6, 6.07) is 8.79. The van der Waals surface area contributed by atoms with Crippen LogP contribution in [0.3, 0.4) is 0 Å². The Labute approximate surface area is 137 Å². The Morgan fingerprint density at radius 3 is 2.86 bits per heavy atom. The fraction of sp³-hybridized carbons (Fsp3) is 0.667. The Bertz CT molecular complexity index is 423. The molecule has 1 aromatic rings. The first-order valence-electron chi connectivity index (χ1n) is 8.28. The predicted octanol–water partition coefficient (Wildman–Crippen LogP) is 5.02. The van der Waals surface area contributed by atoms with Crippen molar-refractivity contribution in [3.63, 3.8) is 0 Å². The van der Waals surface area contributed by atoms with Gasteiger partial charge in [-0.25, -0.2) is 0 Å². The maximum Gasteiger partial charge on any atom is 0.120 e. The van der Waals surface area contributed by atoms with Crippen molar-refractivity contribution in [1.82, 2.24) is 5.32 Å². The summed E-state index contributed by atoms with van der Waals surface area (Å²) in [5.41, 5.74) is 0. The molecule has 0 aliphatic heterocycles. The molecule has 2 nitrogen and oxygen atoms in total. The summed E-state index contributed by atoms with van der Waals surface area (Å²) in [6.07, 6.45) is 7.93. The van der Waals surface area contributed by atoms with E-state index >= 15 is 0 Å². The molecule has 3 heteroatoms. The minimum Gasteiger partial charge on any atom is -0.494 e. The lowest BCUT2D eigenvalue weighted by Gasteiger charge is -2.36. The monoisotopic (exact) mass is 353 g/mol. The van der Waals surface area contributed by atoms with Crippen molar-refractivity contribution in [2.45, 2.75) is 51.5 Å². The summed E-state index contributed by atoms with van der Waals surface area (Å²) in [4.78, 5) is 0. The minimum atomic E-state index is 0.671. The number of hydrogen-bond donors (Lipinski definition) is 1. The van der Waals surface area contributed by atoms with Crippen molar-refractivity contribution in [2.24, 2.45) is 11.8 Å². The van der Waals surface area contributed by atoms with Crippen LogP contribution < -0.4 is 10.1 Å². The average molecular weight is 354 g/mol. The molecule has 1 fully saturated rings. The maximum atomic E-state index is 5.92. The van der Waals surface area contributed by atoms with Gasteiger partial charge in [-0.05, 0) is 62.8 Å². The topological polar surface area (TPSA) is 21.3 Å². The van der Waals surface area contributed by atoms with Crippen molar-refractivity contribution in [2.75, 3.05) is 13.7 Å². The summed E-state index contributed by atoms with van der Waals surface area (Å²) in [5, 5.41) is 3.51. The van der Waals surface area contributed by atoms with Crippen molar-refractivity contribution in [1.29, 1.82) is 0 Å². The van der Waals surface area contributed by atoms with Crippen molar-refractivity contribution < 1.29 is 4.74 Å². The van der Waals surface area contributed by atoms with Crippen molar-refractivity contribution >= 4 is 15.9 Å². The molecular formula is C18H28BrNO. The van der Waals surface area contributed by atoms with E-state index in [1.54, 1.807) is 0 Å². The SMILES string of the molecule is CCCC1CCC(NC)C(CCOc2cccc(Br)c2)C1. The molecule has 0 spiro atoms. The van der Waals surface area contributed by atoms with Gasteiger partial charge in [-0.1, -0.05) is 41.8 Å². The van der Waals surface area contributed by atoms with Gasteiger partial charge in [0, 0.05) is 10.5 Å². The molecule has 0 heterocycles. The molecule has 118 valence electrons. The van der Waals surface area contributed by atoms with Crippen LogP contribution in [0.15, 0.2) is 28.7 Å². The third-order valence-electron chi connectivity index (χ3n) is 4.71. The Morgan fingerprint density at radius 2 is 2.14 bits per heavy atom. The molecule has 0 radical (unpaired) electrons. The molecule has 1 aliphatic carbocycles. The number of benzene rings is 1. The zero-order valence-corrected chi connectivity index (χ0v) is 14.9. The normalized spacial score (nSPS) is 25.8. The van der Waals surface area contributed by atoms with Crippen molar-refractivity contribution in [3.05, 3.63) is 28.7 Å². The van der Waals surface area contributed by atoms with E-state index in [9.17, 15) is 0 Å². The number of halogens is 1. The maximum absolute atomic E-state index is 5.92. The van der Waals surface area contributed by atoms with Gasteiger partial charge in [-0.2, -0.15) is 0 Å². The predicted molar refractivity (Wildman–Crippen MR) is 92.8 cm³/mol. The standard InChI is InChI=1S/C18H28BrNO/c1-3-5-14-8-9-18(20-2)15(12-14)10-11-21-17-7-4-6-16(19)13-17/h4,6-7,13-15,18,20H,3,5,8-12H2,1-2H3. The fourth-order valence-electron chi connectivity index (χ4n) is 3.62. The van der Waals surface area contributed by atoms with Gasteiger partial charge in [0.15, 0.2) is 0 Å². The van der Waals surface area contributed by atoms with E-state index in [4.69, 9.17) is 4.74 Å². The molecule has 2 rings (SSSR count). The lowest BCUT2D eigenvalue weighted by molar-refractivity contribution is 0.166. The Hall–Kier alpha value is -0.540. The van der Waals surface area contributed by atoms with Crippen LogP contribution in [0.1, 0.15) is 45.4 Å². The first kappa shape index (κ1) is 16.8. The van der Waals surface area contributed by atoms with Crippen LogP contribution in [-0.2, 0) is 0 Å². The molecule has 0 aromatic heterocycles. The van der Waals surface area contributed by atoms with Gasteiger partial charge in [0.25, 0.3) is 0 Å². The first-order chi connectivity index (χ1) is 10.2. The molecule has 0 amide bonds. The van der Waals surface area contributed by atoms with Crippen LogP contribution >= 0.6 is 15.9 Å². The molecule has 0 saturated heterocycles. The van der Waals surface area contributed by atoms with Gasteiger partial charge >= 0.3 is 0 Å². The van der Waals surface area contributed by atoms with Gasteiger partial charge in [0.1, 0.15) is 5.75 Å². The third-order valence-corrected chi connectivity index (χ3v) is 5.21. The second-order valence-electron chi connectivity index (χ2n) is 6.22. The second kappa shape index (κ2) is 8.79. The van der Waals surface area contributed by atoms with Gasteiger partial charge in [-0.15, -0.1) is 0 Å². The number of rotatable bonds is 7. The lowest BCUT2D eigenvalue weighted by atomic mass is 9.75. The van der Waals surface area contributed by atoms with Crippen molar-refractivity contribution in [3.8, 4) is 5.75 Å². The molecule has 1 aromatic carbocycles. The van der Waals surface area contributed by atoms with Gasteiger partial charge in [-0.3, -0.25) is 0 Å². The Morgan fingerprint density at radius 1 is 1.29 bits per heavy atom. The highest BCUT2D eigenvalue weighted by Crippen LogP contribution is 2.34. The zero-order chi connectivity index (χ0) is 15.1. The minimum absolute atomic E-state index is 0.671. The van der Waals surface area contributed by atoms with E-state index in [2.05, 4.69) is 35.2 Å². The highest BCUT2D eigenvalue weighted by Gasteiger charge is 2.28. The number of nitrogens with one attached hydrogen (secondary N) is 1. The van der Waals surface area contributed by atoms with Gasteiger partial charge in [0.05, 0.1) is 6.61 Å². The fourth-order valence-corrected chi connectivity index (χ4v) is 3.99. The summed E-state index contributed by atoms with van der Waals surface area (Å²) >= 11 is 3.49. The van der Waals surface area contributed by atoms with E-state index in [-0.39, 0.29) is 0 Å².